The molecular formula is C21H19NO4S. The molecule has 0 aliphatic rings. The summed E-state index contributed by atoms with van der Waals surface area (Å²) in [5, 5.41) is 0. The largest absolute Gasteiger partial charge is 0.468 e. The van der Waals surface area contributed by atoms with Crippen LogP contribution in [0.2, 0.25) is 0 Å². The molecule has 5 nitrogen and oxygen atoms in total. The average Bonchev–Trinajstić information content (AvgIpc) is 3.29. The monoisotopic (exact) mass is 381 g/mol. The third-order valence-corrected chi connectivity index (χ3v) is 4.54. The number of furan rings is 1. The summed E-state index contributed by atoms with van der Waals surface area (Å²) >= 11 is 1.41. The van der Waals surface area contributed by atoms with Crippen LogP contribution in [0.5, 0.6) is 0 Å². The van der Waals surface area contributed by atoms with Crippen molar-refractivity contribution in [3.63, 3.8) is 0 Å². The fraction of sp³-hybridized carbons (Fsp3) is 0.238. The molecule has 3 rings (SSSR count). The number of aryl methyl sites for hydroxylation is 1. The molecule has 3 aromatic rings. The molecule has 0 saturated carbocycles. The third kappa shape index (κ3) is 5.28. The van der Waals surface area contributed by atoms with E-state index in [1.54, 1.807) is 0 Å². The molecule has 0 fully saturated rings. The van der Waals surface area contributed by atoms with Gasteiger partial charge >= 0.3 is 5.97 Å². The van der Waals surface area contributed by atoms with Gasteiger partial charge in [-0.1, -0.05) is 24.1 Å². The normalized spacial score (nSPS) is 10.3. The Morgan fingerprint density at radius 2 is 2.00 bits per heavy atom. The SMILES string of the molecule is COC(=O)CSCC#Cc1ccc(Cc2nc(-c3ccccc3)oc2C)o1. The van der Waals surface area contributed by atoms with Gasteiger partial charge in [0.2, 0.25) is 5.89 Å². The van der Waals surface area contributed by atoms with Crippen LogP contribution in [0.3, 0.4) is 0 Å². The number of benzene rings is 1. The number of ether oxygens (including phenoxy) is 1. The van der Waals surface area contributed by atoms with Gasteiger partial charge in [0.05, 0.1) is 30.7 Å². The van der Waals surface area contributed by atoms with Gasteiger partial charge in [-0.25, -0.2) is 4.98 Å². The smallest absolute Gasteiger partial charge is 0.315 e. The number of methoxy groups -OCH3 is 1. The molecule has 1 aromatic carbocycles. The van der Waals surface area contributed by atoms with E-state index < -0.39 is 0 Å². The lowest BCUT2D eigenvalue weighted by atomic mass is 10.2. The van der Waals surface area contributed by atoms with Crippen molar-refractivity contribution in [2.45, 2.75) is 13.3 Å². The zero-order chi connectivity index (χ0) is 19.1. The van der Waals surface area contributed by atoms with E-state index in [1.807, 2.05) is 49.4 Å². The predicted octanol–water partition coefficient (Wildman–Crippen LogP) is 4.09. The Labute approximate surface area is 162 Å². The molecular weight excluding hydrogens is 362 g/mol. The number of esters is 1. The fourth-order valence-corrected chi connectivity index (χ4v) is 2.93. The Bertz CT molecular complexity index is 963. The highest BCUT2D eigenvalue weighted by Gasteiger charge is 2.13. The molecule has 138 valence electrons. The van der Waals surface area contributed by atoms with Crippen LogP contribution in [0, 0.1) is 18.8 Å². The lowest BCUT2D eigenvalue weighted by molar-refractivity contribution is -0.137. The second kappa shape index (κ2) is 9.15. The van der Waals surface area contributed by atoms with Crippen molar-refractivity contribution < 1.29 is 18.4 Å². The van der Waals surface area contributed by atoms with E-state index in [4.69, 9.17) is 8.83 Å². The molecule has 0 unspecified atom stereocenters. The molecule has 6 heteroatoms. The average molecular weight is 381 g/mol. The highest BCUT2D eigenvalue weighted by molar-refractivity contribution is 8.00. The van der Waals surface area contributed by atoms with Crippen molar-refractivity contribution in [2.75, 3.05) is 18.6 Å². The van der Waals surface area contributed by atoms with E-state index in [2.05, 4.69) is 21.6 Å². The summed E-state index contributed by atoms with van der Waals surface area (Å²) in [5.74, 6) is 9.26. The number of carbonyl (C=O) groups excluding carboxylic acids is 1. The minimum atomic E-state index is -0.250. The first-order valence-corrected chi connectivity index (χ1v) is 9.55. The molecule has 0 saturated heterocycles. The van der Waals surface area contributed by atoms with Crippen LogP contribution in [-0.2, 0) is 16.0 Å². The second-order valence-electron chi connectivity index (χ2n) is 5.70. The predicted molar refractivity (Wildman–Crippen MR) is 104 cm³/mol. The van der Waals surface area contributed by atoms with E-state index in [0.29, 0.717) is 29.6 Å². The Hall–Kier alpha value is -2.91. The highest BCUT2D eigenvalue weighted by atomic mass is 32.2. The zero-order valence-electron chi connectivity index (χ0n) is 15.2. The molecule has 0 aliphatic carbocycles. The number of thioether (sulfide) groups is 1. The Kier molecular flexibility index (Phi) is 6.39. The van der Waals surface area contributed by atoms with Gasteiger partial charge in [0, 0.05) is 5.56 Å². The van der Waals surface area contributed by atoms with Gasteiger partial charge in [-0.3, -0.25) is 4.79 Å². The van der Waals surface area contributed by atoms with Crippen molar-refractivity contribution >= 4 is 17.7 Å². The summed E-state index contributed by atoms with van der Waals surface area (Å²) in [4.78, 5) is 15.6. The third-order valence-electron chi connectivity index (χ3n) is 3.75. The molecule has 0 bridgehead atoms. The summed E-state index contributed by atoms with van der Waals surface area (Å²) in [7, 11) is 1.37. The molecule has 0 spiro atoms. The van der Waals surface area contributed by atoms with E-state index >= 15 is 0 Å². The van der Waals surface area contributed by atoms with Gasteiger partial charge < -0.3 is 13.6 Å². The lowest BCUT2D eigenvalue weighted by Gasteiger charge is -1.94. The quantitative estimate of drug-likeness (QED) is 0.364. The summed E-state index contributed by atoms with van der Waals surface area (Å²) in [6.07, 6.45) is 0.543. The maximum absolute atomic E-state index is 11.0. The van der Waals surface area contributed by atoms with Gasteiger partial charge in [-0.2, -0.15) is 0 Å². The molecule has 0 N–H and O–H groups in total. The fourth-order valence-electron chi connectivity index (χ4n) is 2.37. The van der Waals surface area contributed by atoms with Crippen LogP contribution < -0.4 is 0 Å². The van der Waals surface area contributed by atoms with Gasteiger partial charge in [0.15, 0.2) is 5.76 Å². The first-order chi connectivity index (χ1) is 13.2. The maximum atomic E-state index is 11.0. The molecule has 0 radical (unpaired) electrons. The molecule has 0 atom stereocenters. The van der Waals surface area contributed by atoms with Gasteiger partial charge in [0.25, 0.3) is 0 Å². The van der Waals surface area contributed by atoms with E-state index in [1.165, 1.54) is 18.9 Å². The maximum Gasteiger partial charge on any atom is 0.315 e. The number of rotatable bonds is 6. The second-order valence-corrected chi connectivity index (χ2v) is 6.69. The topological polar surface area (TPSA) is 65.5 Å². The number of hydrogen-bond donors (Lipinski definition) is 0. The Morgan fingerprint density at radius 3 is 2.78 bits per heavy atom. The lowest BCUT2D eigenvalue weighted by Crippen LogP contribution is -2.03. The van der Waals surface area contributed by atoms with Crippen molar-refractivity contribution in [1.29, 1.82) is 0 Å². The summed E-state index contributed by atoms with van der Waals surface area (Å²) in [5.41, 5.74) is 1.79. The van der Waals surface area contributed by atoms with Gasteiger partial charge in [-0.05, 0) is 37.1 Å². The first-order valence-electron chi connectivity index (χ1n) is 8.39. The minimum absolute atomic E-state index is 0.250. The number of hydrogen-bond acceptors (Lipinski definition) is 6. The summed E-state index contributed by atoms with van der Waals surface area (Å²) < 4.78 is 16.1. The van der Waals surface area contributed by atoms with Crippen LogP contribution in [0.25, 0.3) is 11.5 Å². The van der Waals surface area contributed by atoms with E-state index in [9.17, 15) is 4.79 Å². The van der Waals surface area contributed by atoms with Crippen LogP contribution in [0.1, 0.15) is 23.0 Å². The van der Waals surface area contributed by atoms with Crippen molar-refractivity contribution in [2.24, 2.45) is 0 Å². The number of carbonyl (C=O) groups is 1. The summed E-state index contributed by atoms with van der Waals surface area (Å²) in [6.45, 7) is 1.90. The molecule has 2 heterocycles. The van der Waals surface area contributed by atoms with Gasteiger partial charge in [0.1, 0.15) is 11.5 Å². The van der Waals surface area contributed by atoms with E-state index in [0.717, 1.165) is 22.8 Å². The van der Waals surface area contributed by atoms with Crippen molar-refractivity contribution in [1.82, 2.24) is 4.98 Å². The van der Waals surface area contributed by atoms with E-state index in [-0.39, 0.29) is 5.97 Å². The molecule has 27 heavy (non-hydrogen) atoms. The minimum Gasteiger partial charge on any atom is -0.468 e. The first kappa shape index (κ1) is 18.9. The number of nitrogens with zero attached hydrogens (tertiary/aromatic N) is 1. The zero-order valence-corrected chi connectivity index (χ0v) is 16.0. The van der Waals surface area contributed by atoms with Crippen LogP contribution in [-0.4, -0.2) is 29.6 Å². The van der Waals surface area contributed by atoms with Crippen LogP contribution >= 0.6 is 11.8 Å². The summed E-state index contributed by atoms with van der Waals surface area (Å²) in [6, 6.07) is 13.5. The van der Waals surface area contributed by atoms with Crippen molar-refractivity contribution in [3.8, 4) is 23.3 Å². The number of oxazole rings is 1. The molecule has 2 aromatic heterocycles. The van der Waals surface area contributed by atoms with Crippen LogP contribution in [0.15, 0.2) is 51.3 Å². The molecule has 0 aliphatic heterocycles. The standard InChI is InChI=1S/C21H19NO4S/c1-15-19(22-21(25-15)16-7-4-3-5-8-16)13-18-11-10-17(26-18)9-6-12-27-14-20(23)24-2/h3-5,7-8,10-11H,12-14H2,1-2H3. The number of aromatic nitrogens is 1. The Balaban J connectivity index is 1.60. The van der Waals surface area contributed by atoms with Crippen LogP contribution in [0.4, 0.5) is 0 Å². The highest BCUT2D eigenvalue weighted by Crippen LogP contribution is 2.23. The molecule has 0 amide bonds. The van der Waals surface area contributed by atoms with Gasteiger partial charge in [-0.15, -0.1) is 11.8 Å². The van der Waals surface area contributed by atoms with Crippen molar-refractivity contribution in [3.05, 3.63) is 65.4 Å². The Morgan fingerprint density at radius 1 is 1.19 bits per heavy atom.